The number of benzene rings is 2. The summed E-state index contributed by atoms with van der Waals surface area (Å²) >= 11 is 3.35. The van der Waals surface area contributed by atoms with Crippen molar-refractivity contribution in [2.45, 2.75) is 118 Å². The molecule has 0 saturated heterocycles. The van der Waals surface area contributed by atoms with Crippen LogP contribution < -0.4 is 9.80 Å². The van der Waals surface area contributed by atoms with Gasteiger partial charge in [0.25, 0.3) is 11.8 Å². The smallest absolute Gasteiger partial charge is 0.260 e. The van der Waals surface area contributed by atoms with Crippen LogP contribution in [0.3, 0.4) is 0 Å². The lowest BCUT2D eigenvalue weighted by Crippen LogP contribution is -2.33. The van der Waals surface area contributed by atoms with Crippen LogP contribution in [-0.2, 0) is 9.59 Å². The van der Waals surface area contributed by atoms with Crippen molar-refractivity contribution in [3.63, 3.8) is 0 Å². The number of hydrogen-bond donors (Lipinski definition) is 0. The van der Waals surface area contributed by atoms with E-state index in [0.717, 1.165) is 44.7 Å². The van der Waals surface area contributed by atoms with Gasteiger partial charge in [0.05, 0.1) is 32.3 Å². The third-order valence-electron chi connectivity index (χ3n) is 10.4. The van der Waals surface area contributed by atoms with E-state index in [2.05, 4.69) is 76.2 Å². The maximum atomic E-state index is 14.7. The van der Waals surface area contributed by atoms with Crippen LogP contribution in [0.15, 0.2) is 48.5 Å². The summed E-state index contributed by atoms with van der Waals surface area (Å²) in [6.07, 6.45) is 17.6. The number of rotatable bonds is 18. The van der Waals surface area contributed by atoms with Gasteiger partial charge in [-0.1, -0.05) is 141 Å². The lowest BCUT2D eigenvalue weighted by atomic mass is 10.0. The van der Waals surface area contributed by atoms with Crippen molar-refractivity contribution < 1.29 is 9.59 Å². The Bertz CT molecular complexity index is 1640. The second-order valence-corrected chi connectivity index (χ2v) is 16.6. The van der Waals surface area contributed by atoms with Gasteiger partial charge < -0.3 is 9.80 Å². The molecule has 0 N–H and O–H groups in total. The molecule has 48 heavy (non-hydrogen) atoms. The molecule has 4 aromatic rings. The van der Waals surface area contributed by atoms with Gasteiger partial charge in [-0.25, -0.2) is 0 Å². The third kappa shape index (κ3) is 7.16. The van der Waals surface area contributed by atoms with E-state index in [4.69, 9.17) is 0 Å². The summed E-state index contributed by atoms with van der Waals surface area (Å²) in [7, 11) is 0. The summed E-state index contributed by atoms with van der Waals surface area (Å²) in [6, 6.07) is 16.9. The number of hydrogen-bond acceptors (Lipinski definition) is 4. The summed E-state index contributed by atoms with van der Waals surface area (Å²) in [5, 5.41) is 2.25. The van der Waals surface area contributed by atoms with Crippen LogP contribution in [0.25, 0.3) is 31.3 Å². The number of carbonyl (C=O) groups excluding carboxylic acids is 2. The molecule has 4 nitrogen and oxygen atoms in total. The minimum absolute atomic E-state index is 0.00512. The van der Waals surface area contributed by atoms with Crippen LogP contribution in [0, 0.1) is 11.8 Å². The Balaban J connectivity index is 1.32. The lowest BCUT2D eigenvalue weighted by Gasteiger charge is -2.23. The molecule has 0 spiro atoms. The average molecular weight is 683 g/mol. The van der Waals surface area contributed by atoms with E-state index in [-0.39, 0.29) is 11.8 Å². The highest BCUT2D eigenvalue weighted by Crippen LogP contribution is 2.55. The van der Waals surface area contributed by atoms with E-state index in [1.807, 2.05) is 9.80 Å². The SMILES string of the molecule is CCCCCCCCC(C)CN1C(=O)/C(=C2/C(=O)N(CC(C)CCCCCCCC)c3c2sc2ccccc32)c2sc3ccccc3c21. The number of amides is 2. The Kier molecular flexibility index (Phi) is 11.7. The Morgan fingerprint density at radius 3 is 1.33 bits per heavy atom. The van der Waals surface area contributed by atoms with Crippen LogP contribution in [0.1, 0.15) is 127 Å². The maximum absolute atomic E-state index is 14.7. The van der Waals surface area contributed by atoms with Crippen molar-refractivity contribution in [1.82, 2.24) is 0 Å². The standard InChI is InChI=1S/C42H54N2O2S2/c1-5-7-9-11-13-15-21-29(3)27-43-37-31-23-17-19-25-33(31)47-39(37)35(41(43)45)36-40-38(32-24-18-20-26-34(32)48-40)44(42(36)46)28-30(4)22-16-14-12-10-8-6-2/h17-20,23-26,29-30H,5-16,21-22,27-28H2,1-4H3/b36-35+. The molecule has 6 heteroatoms. The lowest BCUT2D eigenvalue weighted by molar-refractivity contribution is -0.114. The van der Waals surface area contributed by atoms with Gasteiger partial charge in [-0.3, -0.25) is 9.59 Å². The van der Waals surface area contributed by atoms with Gasteiger partial charge in [-0.15, -0.1) is 22.7 Å². The van der Waals surface area contributed by atoms with E-state index < -0.39 is 0 Å². The number of thiophene rings is 2. The number of carbonyl (C=O) groups is 2. The van der Waals surface area contributed by atoms with Crippen LogP contribution in [0.4, 0.5) is 11.4 Å². The van der Waals surface area contributed by atoms with E-state index in [9.17, 15) is 9.59 Å². The summed E-state index contributed by atoms with van der Waals surface area (Å²) in [4.78, 5) is 35.4. The van der Waals surface area contributed by atoms with E-state index in [0.29, 0.717) is 36.1 Å². The minimum atomic E-state index is 0.00512. The Morgan fingerprint density at radius 2 is 0.917 bits per heavy atom. The predicted octanol–water partition coefficient (Wildman–Crippen LogP) is 12.5. The molecular weight excluding hydrogens is 629 g/mol. The zero-order chi connectivity index (χ0) is 33.6. The van der Waals surface area contributed by atoms with Crippen molar-refractivity contribution in [3.8, 4) is 0 Å². The molecule has 0 bridgehead atoms. The Labute approximate surface area is 296 Å². The monoisotopic (exact) mass is 682 g/mol. The molecule has 256 valence electrons. The van der Waals surface area contributed by atoms with Crippen LogP contribution in [-0.4, -0.2) is 24.9 Å². The number of nitrogens with zero attached hydrogens (tertiary/aromatic N) is 2. The molecule has 2 amide bonds. The van der Waals surface area contributed by atoms with Crippen molar-refractivity contribution in [1.29, 1.82) is 0 Å². The molecule has 0 saturated carbocycles. The van der Waals surface area contributed by atoms with Crippen LogP contribution in [0.2, 0.25) is 0 Å². The van der Waals surface area contributed by atoms with Gasteiger partial charge in [0.1, 0.15) is 0 Å². The summed E-state index contributed by atoms with van der Waals surface area (Å²) in [5.41, 5.74) is 3.29. The second-order valence-electron chi connectivity index (χ2n) is 14.5. The van der Waals surface area contributed by atoms with Crippen molar-refractivity contribution in [3.05, 3.63) is 58.3 Å². The molecule has 2 aliphatic rings. The predicted molar refractivity (Wildman–Crippen MR) is 209 cm³/mol. The van der Waals surface area contributed by atoms with E-state index in [1.54, 1.807) is 22.7 Å². The van der Waals surface area contributed by atoms with Crippen molar-refractivity contribution in [2.75, 3.05) is 22.9 Å². The van der Waals surface area contributed by atoms with Crippen LogP contribution >= 0.6 is 22.7 Å². The van der Waals surface area contributed by atoms with Crippen molar-refractivity contribution >= 4 is 77.2 Å². The molecule has 2 aliphatic heterocycles. The topological polar surface area (TPSA) is 40.6 Å². The molecule has 0 aliphatic carbocycles. The number of fused-ring (bicyclic) bond motifs is 6. The maximum Gasteiger partial charge on any atom is 0.260 e. The highest BCUT2D eigenvalue weighted by Gasteiger charge is 2.45. The molecule has 2 aromatic heterocycles. The zero-order valence-corrected chi connectivity index (χ0v) is 31.2. The van der Waals surface area contributed by atoms with Gasteiger partial charge in [0, 0.05) is 33.3 Å². The molecular formula is C42H54N2O2S2. The Hall–Kier alpha value is -2.96. The molecule has 0 radical (unpaired) electrons. The number of anilines is 2. The summed E-state index contributed by atoms with van der Waals surface area (Å²) < 4.78 is 2.35. The normalized spacial score (nSPS) is 17.2. The fourth-order valence-corrected chi connectivity index (χ4v) is 10.2. The van der Waals surface area contributed by atoms with E-state index in [1.165, 1.54) is 86.4 Å². The Morgan fingerprint density at radius 1 is 0.542 bits per heavy atom. The van der Waals surface area contributed by atoms with Gasteiger partial charge in [-0.05, 0) is 36.8 Å². The molecule has 0 fully saturated rings. The third-order valence-corrected chi connectivity index (χ3v) is 12.7. The fraction of sp³-hybridized carbons (Fsp3) is 0.524. The molecule has 6 rings (SSSR count). The quantitative estimate of drug-likeness (QED) is 0.0774. The fourth-order valence-electron chi connectivity index (χ4n) is 7.75. The summed E-state index contributed by atoms with van der Waals surface area (Å²) in [6.45, 7) is 10.5. The first kappa shape index (κ1) is 34.9. The molecule has 2 atom stereocenters. The largest absolute Gasteiger partial charge is 0.306 e. The minimum Gasteiger partial charge on any atom is -0.306 e. The zero-order valence-electron chi connectivity index (χ0n) is 29.6. The highest BCUT2D eigenvalue weighted by atomic mass is 32.1. The first-order valence-electron chi connectivity index (χ1n) is 18.9. The average Bonchev–Trinajstić information content (AvgIpc) is 3.79. The molecule has 2 unspecified atom stereocenters. The highest BCUT2D eigenvalue weighted by molar-refractivity contribution is 7.23. The van der Waals surface area contributed by atoms with Crippen molar-refractivity contribution in [2.24, 2.45) is 11.8 Å². The van der Waals surface area contributed by atoms with Gasteiger partial charge in [0.15, 0.2) is 0 Å². The molecule has 2 aromatic carbocycles. The first-order chi connectivity index (χ1) is 23.4. The molecule has 4 heterocycles. The summed E-state index contributed by atoms with van der Waals surface area (Å²) in [5.74, 6) is 0.778. The van der Waals surface area contributed by atoms with Gasteiger partial charge in [0.2, 0.25) is 0 Å². The second kappa shape index (κ2) is 16.2. The van der Waals surface area contributed by atoms with Crippen LogP contribution in [0.5, 0.6) is 0 Å². The van der Waals surface area contributed by atoms with Gasteiger partial charge >= 0.3 is 0 Å². The first-order valence-corrected chi connectivity index (χ1v) is 20.5. The van der Waals surface area contributed by atoms with E-state index >= 15 is 0 Å². The number of unbranched alkanes of at least 4 members (excludes halogenated alkanes) is 10. The van der Waals surface area contributed by atoms with Gasteiger partial charge in [-0.2, -0.15) is 0 Å².